The number of alkyl halides is 2. The van der Waals surface area contributed by atoms with E-state index in [1.54, 1.807) is 6.07 Å². The minimum atomic E-state index is -2.89. The molecule has 0 saturated carbocycles. The first kappa shape index (κ1) is 13.5. The van der Waals surface area contributed by atoms with Gasteiger partial charge in [0.15, 0.2) is 5.69 Å². The highest BCUT2D eigenvalue weighted by Gasteiger charge is 2.25. The van der Waals surface area contributed by atoms with Crippen LogP contribution < -0.4 is 0 Å². The number of rotatable bonds is 3. The van der Waals surface area contributed by atoms with E-state index in [4.69, 9.17) is 5.26 Å². The van der Waals surface area contributed by atoms with Crippen LogP contribution in [0, 0.1) is 11.3 Å². The minimum absolute atomic E-state index is 0.0302. The number of nitriles is 1. The van der Waals surface area contributed by atoms with Crippen molar-refractivity contribution in [3.63, 3.8) is 0 Å². The lowest BCUT2D eigenvalue weighted by Crippen LogP contribution is -2.12. The summed E-state index contributed by atoms with van der Waals surface area (Å²) in [5.74, 6) is -0.973. The Kier molecular flexibility index (Phi) is 4.52. The Morgan fingerprint density at radius 3 is 2.82 bits per heavy atom. The zero-order valence-electron chi connectivity index (χ0n) is 8.71. The van der Waals surface area contributed by atoms with Crippen molar-refractivity contribution in [3.8, 4) is 6.07 Å². The fraction of sp³-hybridized carbons (Fsp3) is 0.300. The van der Waals surface area contributed by atoms with Crippen LogP contribution in [0.25, 0.3) is 0 Å². The SMILES string of the molecule is CCOC(=O)c1c(C(F)F)cc(Br)nc1C#N. The molecule has 4 nitrogen and oxygen atoms in total. The number of carbonyl (C=O) groups excluding carboxylic acids is 1. The Balaban J connectivity index is 3.43. The first-order valence-electron chi connectivity index (χ1n) is 4.57. The molecular formula is C10H7BrF2N2O2. The number of ether oxygens (including phenoxy) is 1. The summed E-state index contributed by atoms with van der Waals surface area (Å²) in [7, 11) is 0. The number of esters is 1. The van der Waals surface area contributed by atoms with Gasteiger partial charge in [-0.25, -0.2) is 18.6 Å². The van der Waals surface area contributed by atoms with Gasteiger partial charge in [-0.2, -0.15) is 5.26 Å². The van der Waals surface area contributed by atoms with Gasteiger partial charge in [0.25, 0.3) is 6.43 Å². The normalized spacial score (nSPS) is 10.1. The van der Waals surface area contributed by atoms with Gasteiger partial charge in [0.2, 0.25) is 0 Å². The fourth-order valence-corrected chi connectivity index (χ4v) is 1.63. The second-order valence-electron chi connectivity index (χ2n) is 2.89. The summed E-state index contributed by atoms with van der Waals surface area (Å²) in [6, 6.07) is 2.59. The van der Waals surface area contributed by atoms with Crippen molar-refractivity contribution in [2.24, 2.45) is 0 Å². The molecule has 0 aromatic carbocycles. The molecule has 1 aromatic heterocycles. The van der Waals surface area contributed by atoms with E-state index in [9.17, 15) is 13.6 Å². The minimum Gasteiger partial charge on any atom is -0.462 e. The number of hydrogen-bond acceptors (Lipinski definition) is 4. The van der Waals surface area contributed by atoms with Crippen LogP contribution in [-0.4, -0.2) is 17.6 Å². The summed E-state index contributed by atoms with van der Waals surface area (Å²) in [4.78, 5) is 15.2. The molecule has 0 aliphatic carbocycles. The van der Waals surface area contributed by atoms with E-state index in [1.807, 2.05) is 0 Å². The van der Waals surface area contributed by atoms with Gasteiger partial charge >= 0.3 is 5.97 Å². The molecule has 0 aliphatic heterocycles. The van der Waals surface area contributed by atoms with Gasteiger partial charge < -0.3 is 4.74 Å². The third-order valence-corrected chi connectivity index (χ3v) is 2.25. The third kappa shape index (κ3) is 2.97. The predicted molar refractivity (Wildman–Crippen MR) is 57.6 cm³/mol. The number of aromatic nitrogens is 1. The van der Waals surface area contributed by atoms with E-state index < -0.39 is 23.5 Å². The number of nitrogens with zero attached hydrogens (tertiary/aromatic N) is 2. The Labute approximate surface area is 104 Å². The molecular weight excluding hydrogens is 298 g/mol. The molecule has 0 fully saturated rings. The highest BCUT2D eigenvalue weighted by molar-refractivity contribution is 9.10. The largest absolute Gasteiger partial charge is 0.462 e. The molecule has 1 aromatic rings. The molecule has 0 unspecified atom stereocenters. The van der Waals surface area contributed by atoms with Gasteiger partial charge in [0, 0.05) is 5.56 Å². The smallest absolute Gasteiger partial charge is 0.341 e. The highest BCUT2D eigenvalue weighted by Crippen LogP contribution is 2.27. The second-order valence-corrected chi connectivity index (χ2v) is 3.70. The Bertz CT molecular complexity index is 486. The summed E-state index contributed by atoms with van der Waals surface area (Å²) < 4.78 is 30.2. The molecule has 0 radical (unpaired) electrons. The second kappa shape index (κ2) is 5.68. The van der Waals surface area contributed by atoms with Crippen LogP contribution in [0.3, 0.4) is 0 Å². The van der Waals surface area contributed by atoms with E-state index in [1.165, 1.54) is 6.92 Å². The van der Waals surface area contributed by atoms with Crippen molar-refractivity contribution in [2.45, 2.75) is 13.3 Å². The highest BCUT2D eigenvalue weighted by atomic mass is 79.9. The summed E-state index contributed by atoms with van der Waals surface area (Å²) in [6.07, 6.45) is -2.89. The molecule has 1 rings (SSSR count). The van der Waals surface area contributed by atoms with E-state index in [0.29, 0.717) is 0 Å². The average Bonchev–Trinajstić information content (AvgIpc) is 2.27. The Morgan fingerprint density at radius 1 is 1.71 bits per heavy atom. The number of halogens is 3. The van der Waals surface area contributed by atoms with Gasteiger partial charge in [0.05, 0.1) is 6.61 Å². The maximum absolute atomic E-state index is 12.8. The quantitative estimate of drug-likeness (QED) is 0.636. The lowest BCUT2D eigenvalue weighted by atomic mass is 10.1. The van der Waals surface area contributed by atoms with E-state index in [0.717, 1.165) is 6.07 Å². The third-order valence-electron chi connectivity index (χ3n) is 1.84. The standard InChI is InChI=1S/C10H7BrF2N2O2/c1-2-17-10(16)8-5(9(12)13)3-7(11)15-6(8)4-14/h3,9H,2H2,1H3. The fourth-order valence-electron chi connectivity index (χ4n) is 1.20. The van der Waals surface area contributed by atoms with Crippen molar-refractivity contribution < 1.29 is 18.3 Å². The zero-order chi connectivity index (χ0) is 13.0. The number of hydrogen-bond donors (Lipinski definition) is 0. The maximum atomic E-state index is 12.8. The molecule has 0 amide bonds. The van der Waals surface area contributed by atoms with Crippen LogP contribution in [0.5, 0.6) is 0 Å². The van der Waals surface area contributed by atoms with E-state index >= 15 is 0 Å². The van der Waals surface area contributed by atoms with Crippen LogP contribution in [0.4, 0.5) is 8.78 Å². The van der Waals surface area contributed by atoms with Crippen molar-refractivity contribution in [3.05, 3.63) is 27.5 Å². The molecule has 0 N–H and O–H groups in total. The van der Waals surface area contributed by atoms with E-state index in [-0.39, 0.29) is 16.9 Å². The summed E-state index contributed by atoms with van der Waals surface area (Å²) in [6.45, 7) is 1.57. The molecule has 17 heavy (non-hydrogen) atoms. The van der Waals surface area contributed by atoms with Gasteiger partial charge in [0.1, 0.15) is 16.2 Å². The van der Waals surface area contributed by atoms with E-state index in [2.05, 4.69) is 25.7 Å². The van der Waals surface area contributed by atoms with Crippen LogP contribution >= 0.6 is 15.9 Å². The summed E-state index contributed by atoms with van der Waals surface area (Å²) in [5.41, 5.74) is -1.43. The van der Waals surface area contributed by atoms with Crippen LogP contribution in [0.1, 0.15) is 35.0 Å². The number of pyridine rings is 1. The van der Waals surface area contributed by atoms with Gasteiger partial charge in [-0.15, -0.1) is 0 Å². The van der Waals surface area contributed by atoms with Crippen molar-refractivity contribution in [1.82, 2.24) is 4.98 Å². The van der Waals surface area contributed by atoms with Gasteiger partial charge in [-0.3, -0.25) is 0 Å². The van der Waals surface area contributed by atoms with Crippen LogP contribution in [0.15, 0.2) is 10.7 Å². The van der Waals surface area contributed by atoms with Crippen molar-refractivity contribution in [2.75, 3.05) is 6.61 Å². The molecule has 0 atom stereocenters. The Hall–Kier alpha value is -1.55. The summed E-state index contributed by atoms with van der Waals surface area (Å²) >= 11 is 2.90. The predicted octanol–water partition coefficient (Wildman–Crippen LogP) is 2.83. The van der Waals surface area contributed by atoms with Crippen LogP contribution in [-0.2, 0) is 4.74 Å². The number of carbonyl (C=O) groups is 1. The lowest BCUT2D eigenvalue weighted by molar-refractivity contribution is 0.0514. The summed E-state index contributed by atoms with van der Waals surface area (Å²) in [5, 5.41) is 8.78. The monoisotopic (exact) mass is 304 g/mol. The molecule has 0 aliphatic rings. The molecule has 0 spiro atoms. The average molecular weight is 305 g/mol. The molecule has 7 heteroatoms. The molecule has 0 bridgehead atoms. The first-order valence-corrected chi connectivity index (χ1v) is 5.36. The molecule has 0 saturated heterocycles. The maximum Gasteiger partial charge on any atom is 0.341 e. The first-order chi connectivity index (χ1) is 8.01. The molecule has 90 valence electrons. The van der Waals surface area contributed by atoms with Gasteiger partial charge in [-0.05, 0) is 28.9 Å². The zero-order valence-corrected chi connectivity index (χ0v) is 10.3. The topological polar surface area (TPSA) is 63.0 Å². The lowest BCUT2D eigenvalue weighted by Gasteiger charge is -2.09. The molecule has 1 heterocycles. The van der Waals surface area contributed by atoms with Gasteiger partial charge in [-0.1, -0.05) is 0 Å². The van der Waals surface area contributed by atoms with Crippen LogP contribution in [0.2, 0.25) is 0 Å². The van der Waals surface area contributed by atoms with Crippen molar-refractivity contribution >= 4 is 21.9 Å². The Morgan fingerprint density at radius 2 is 2.35 bits per heavy atom. The van der Waals surface area contributed by atoms with Crippen molar-refractivity contribution in [1.29, 1.82) is 5.26 Å².